The molecule has 1 heterocycles. The molecule has 0 radical (unpaired) electrons. The minimum atomic E-state index is -0.459. The van der Waals surface area contributed by atoms with Gasteiger partial charge in [-0.1, -0.05) is 41.6 Å². The van der Waals surface area contributed by atoms with Crippen LogP contribution in [-0.4, -0.2) is 35.4 Å². The summed E-state index contributed by atoms with van der Waals surface area (Å²) >= 11 is 12.3. The third kappa shape index (κ3) is 5.99. The molecular weight excluding hydrogens is 520 g/mol. The van der Waals surface area contributed by atoms with Crippen LogP contribution in [-0.2, 0) is 11.4 Å². The number of hydrazine groups is 1. The molecule has 0 bridgehead atoms. The lowest BCUT2D eigenvalue weighted by Crippen LogP contribution is -2.44. The zero-order valence-electron chi connectivity index (χ0n) is 19.3. The number of hydrogen-bond acceptors (Lipinski definition) is 7. The van der Waals surface area contributed by atoms with Gasteiger partial charge in [0.05, 0.1) is 19.1 Å². The zero-order valence-corrected chi connectivity index (χ0v) is 21.7. The van der Waals surface area contributed by atoms with Gasteiger partial charge in [-0.2, -0.15) is 5.01 Å². The van der Waals surface area contributed by atoms with E-state index in [0.717, 1.165) is 22.3 Å². The number of carbonyl (C=O) groups is 2. The Labute approximate surface area is 222 Å². The van der Waals surface area contributed by atoms with Gasteiger partial charge >= 0.3 is 0 Å². The normalized spacial score (nSPS) is 14.2. The Morgan fingerprint density at radius 2 is 1.75 bits per heavy atom. The summed E-state index contributed by atoms with van der Waals surface area (Å²) in [7, 11) is 3.08. The minimum Gasteiger partial charge on any atom is -0.497 e. The SMILES string of the molecule is COc1ccc(C(=O)NN2C(=O)/C(=C\c3ccc(OCc4ccc(Cl)cc4)c(OC)c3)SC2=S)cc1. The second kappa shape index (κ2) is 11.5. The van der Waals surface area contributed by atoms with Gasteiger partial charge in [-0.15, -0.1) is 0 Å². The zero-order chi connectivity index (χ0) is 25.7. The Hall–Kier alpha value is -3.53. The van der Waals surface area contributed by atoms with Crippen LogP contribution in [0.3, 0.4) is 0 Å². The van der Waals surface area contributed by atoms with Crippen LogP contribution in [0.15, 0.2) is 71.6 Å². The first-order valence-corrected chi connectivity index (χ1v) is 12.3. The van der Waals surface area contributed by atoms with E-state index in [4.69, 9.17) is 38.0 Å². The average molecular weight is 541 g/mol. The predicted octanol–water partition coefficient (Wildman–Crippen LogP) is 5.48. The highest BCUT2D eigenvalue weighted by Crippen LogP contribution is 2.34. The molecule has 1 aliphatic rings. The maximum absolute atomic E-state index is 12.9. The van der Waals surface area contributed by atoms with E-state index in [9.17, 15) is 9.59 Å². The Bertz CT molecular complexity index is 1330. The summed E-state index contributed by atoms with van der Waals surface area (Å²) in [6.07, 6.45) is 1.68. The van der Waals surface area contributed by atoms with E-state index in [2.05, 4.69) is 5.43 Å². The molecule has 184 valence electrons. The fraction of sp³-hybridized carbons (Fsp3) is 0.115. The molecule has 1 aliphatic heterocycles. The first-order chi connectivity index (χ1) is 17.4. The molecule has 2 amide bonds. The standard InChI is InChI=1S/C26H21ClN2O5S2/c1-32-20-10-6-18(7-11-20)24(30)28-29-25(31)23(36-26(29)35)14-17-5-12-21(22(13-17)33-2)34-15-16-3-8-19(27)9-4-16/h3-14H,15H2,1-2H3,(H,28,30)/b23-14+. The van der Waals surface area contributed by atoms with Crippen LogP contribution in [0.25, 0.3) is 6.08 Å². The van der Waals surface area contributed by atoms with Gasteiger partial charge in [0.1, 0.15) is 12.4 Å². The van der Waals surface area contributed by atoms with Crippen molar-refractivity contribution in [1.82, 2.24) is 10.4 Å². The van der Waals surface area contributed by atoms with Gasteiger partial charge in [0.2, 0.25) is 0 Å². The van der Waals surface area contributed by atoms with Gasteiger partial charge in [-0.05, 0) is 78.0 Å². The number of methoxy groups -OCH3 is 2. The first kappa shape index (κ1) is 25.6. The molecule has 3 aromatic carbocycles. The second-order valence-corrected chi connectivity index (χ2v) is 9.62. The lowest BCUT2D eigenvalue weighted by atomic mass is 10.2. The number of nitrogens with zero attached hydrogens (tertiary/aromatic N) is 1. The Balaban J connectivity index is 1.45. The van der Waals surface area contributed by atoms with Gasteiger partial charge in [0.25, 0.3) is 11.8 Å². The molecule has 7 nitrogen and oxygen atoms in total. The van der Waals surface area contributed by atoms with E-state index in [1.54, 1.807) is 68.8 Å². The summed E-state index contributed by atoms with van der Waals surface area (Å²) in [6, 6.07) is 19.2. The number of benzene rings is 3. The van der Waals surface area contributed by atoms with E-state index in [0.29, 0.717) is 44.9 Å². The lowest BCUT2D eigenvalue weighted by molar-refractivity contribution is -0.123. The van der Waals surface area contributed by atoms with Crippen molar-refractivity contribution in [3.63, 3.8) is 0 Å². The molecule has 0 spiro atoms. The molecule has 0 unspecified atom stereocenters. The monoisotopic (exact) mass is 540 g/mol. The van der Waals surface area contributed by atoms with E-state index >= 15 is 0 Å². The highest BCUT2D eigenvalue weighted by molar-refractivity contribution is 8.26. The summed E-state index contributed by atoms with van der Waals surface area (Å²) in [4.78, 5) is 25.9. The Kier molecular flexibility index (Phi) is 8.14. The van der Waals surface area contributed by atoms with Crippen molar-refractivity contribution in [3.8, 4) is 17.2 Å². The van der Waals surface area contributed by atoms with E-state index in [-0.39, 0.29) is 4.32 Å². The summed E-state index contributed by atoms with van der Waals surface area (Å²) in [5.41, 5.74) is 4.61. The van der Waals surface area contributed by atoms with E-state index in [1.807, 2.05) is 18.2 Å². The van der Waals surface area contributed by atoms with Crippen LogP contribution >= 0.6 is 35.6 Å². The van der Waals surface area contributed by atoms with Crippen molar-refractivity contribution in [1.29, 1.82) is 0 Å². The maximum Gasteiger partial charge on any atom is 0.285 e. The number of amides is 2. The summed E-state index contributed by atoms with van der Waals surface area (Å²) in [5, 5.41) is 1.73. The molecule has 1 saturated heterocycles. The van der Waals surface area contributed by atoms with Crippen molar-refractivity contribution >= 4 is 57.8 Å². The number of carbonyl (C=O) groups excluding carboxylic acids is 2. The highest BCUT2D eigenvalue weighted by Gasteiger charge is 2.33. The van der Waals surface area contributed by atoms with E-state index < -0.39 is 11.8 Å². The second-order valence-electron chi connectivity index (χ2n) is 7.51. The quantitative estimate of drug-likeness (QED) is 0.299. The fourth-order valence-electron chi connectivity index (χ4n) is 3.26. The predicted molar refractivity (Wildman–Crippen MR) is 144 cm³/mol. The van der Waals surface area contributed by atoms with Crippen molar-refractivity contribution in [2.75, 3.05) is 14.2 Å². The van der Waals surface area contributed by atoms with Gasteiger partial charge < -0.3 is 14.2 Å². The molecule has 0 saturated carbocycles. The number of nitrogens with one attached hydrogen (secondary N) is 1. The molecule has 0 atom stereocenters. The van der Waals surface area contributed by atoms with Gasteiger partial charge in [0, 0.05) is 10.6 Å². The van der Waals surface area contributed by atoms with Crippen molar-refractivity contribution in [3.05, 3.63) is 93.3 Å². The molecule has 4 rings (SSSR count). The molecule has 3 aromatic rings. The third-order valence-corrected chi connectivity index (χ3v) is 6.71. The number of thioether (sulfide) groups is 1. The van der Waals surface area contributed by atoms with Crippen molar-refractivity contribution < 1.29 is 23.8 Å². The number of rotatable bonds is 8. The van der Waals surface area contributed by atoms with Gasteiger partial charge in [-0.25, -0.2) is 0 Å². The van der Waals surface area contributed by atoms with Gasteiger partial charge in [0.15, 0.2) is 15.8 Å². The smallest absolute Gasteiger partial charge is 0.285 e. The Morgan fingerprint density at radius 3 is 2.42 bits per heavy atom. The molecule has 0 aliphatic carbocycles. The van der Waals surface area contributed by atoms with Crippen LogP contribution in [0.4, 0.5) is 0 Å². The number of thiocarbonyl (C=S) groups is 1. The molecule has 1 N–H and O–H groups in total. The largest absolute Gasteiger partial charge is 0.497 e. The van der Waals surface area contributed by atoms with Gasteiger partial charge in [-0.3, -0.25) is 15.0 Å². The van der Waals surface area contributed by atoms with Crippen molar-refractivity contribution in [2.24, 2.45) is 0 Å². The third-order valence-electron chi connectivity index (χ3n) is 5.15. The number of ether oxygens (including phenoxy) is 3. The van der Waals surface area contributed by atoms with Crippen LogP contribution in [0, 0.1) is 0 Å². The van der Waals surface area contributed by atoms with E-state index in [1.165, 1.54) is 0 Å². The molecule has 36 heavy (non-hydrogen) atoms. The summed E-state index contributed by atoms with van der Waals surface area (Å²) in [6.45, 7) is 0.347. The molecule has 10 heteroatoms. The molecule has 1 fully saturated rings. The molecule has 0 aromatic heterocycles. The number of halogens is 1. The summed E-state index contributed by atoms with van der Waals surface area (Å²) < 4.78 is 16.7. The maximum atomic E-state index is 12.9. The van der Waals surface area contributed by atoms with Crippen LogP contribution in [0.5, 0.6) is 17.2 Å². The van der Waals surface area contributed by atoms with Crippen LogP contribution in [0.1, 0.15) is 21.5 Å². The fourth-order valence-corrected chi connectivity index (χ4v) is 4.56. The van der Waals surface area contributed by atoms with Crippen molar-refractivity contribution in [2.45, 2.75) is 6.61 Å². The average Bonchev–Trinajstić information content (AvgIpc) is 3.15. The first-order valence-electron chi connectivity index (χ1n) is 10.7. The van der Waals surface area contributed by atoms with Crippen LogP contribution in [0.2, 0.25) is 5.02 Å². The Morgan fingerprint density at radius 1 is 1.03 bits per heavy atom. The summed E-state index contributed by atoms with van der Waals surface area (Å²) in [5.74, 6) is 0.815. The molecular formula is C26H21ClN2O5S2. The minimum absolute atomic E-state index is 0.225. The lowest BCUT2D eigenvalue weighted by Gasteiger charge is -2.15. The number of hydrogen-bond donors (Lipinski definition) is 1. The highest BCUT2D eigenvalue weighted by atomic mass is 35.5. The van der Waals surface area contributed by atoms with Crippen LogP contribution < -0.4 is 19.6 Å². The topological polar surface area (TPSA) is 77.1 Å².